The molecule has 2 atom stereocenters. The van der Waals surface area contributed by atoms with E-state index in [0.717, 1.165) is 12.8 Å². The van der Waals surface area contributed by atoms with Gasteiger partial charge in [-0.15, -0.1) is 0 Å². The summed E-state index contributed by atoms with van der Waals surface area (Å²) in [5, 5.41) is 0. The highest BCUT2D eigenvalue weighted by Gasteiger charge is 2.44. The maximum atomic E-state index is 13.1. The molecule has 54 valence electrons. The molecule has 1 saturated carbocycles. The zero-order valence-electron chi connectivity index (χ0n) is 6.45. The monoisotopic (exact) mass is 130 g/mol. The van der Waals surface area contributed by atoms with Crippen molar-refractivity contribution in [1.29, 1.82) is 0 Å². The highest BCUT2D eigenvalue weighted by atomic mass is 19.1. The molecule has 0 spiro atoms. The molecule has 0 aromatic carbocycles. The van der Waals surface area contributed by atoms with Gasteiger partial charge in [0.05, 0.1) is 0 Å². The minimum absolute atomic E-state index is 0.331. The Balaban J connectivity index is 2.45. The first-order valence-electron chi connectivity index (χ1n) is 3.73. The number of hydrogen-bond donors (Lipinski definition) is 0. The van der Waals surface area contributed by atoms with Gasteiger partial charge in [0.15, 0.2) is 0 Å². The number of alkyl halides is 1. The molecule has 1 rings (SSSR count). The number of halogens is 1. The van der Waals surface area contributed by atoms with Crippen molar-refractivity contribution >= 4 is 0 Å². The summed E-state index contributed by atoms with van der Waals surface area (Å²) in [5.41, 5.74) is -0.839. The molecule has 1 heteroatoms. The fraction of sp³-hybridized carbons (Fsp3) is 1.00. The molecule has 1 aliphatic carbocycles. The first kappa shape index (κ1) is 7.04. The summed E-state index contributed by atoms with van der Waals surface area (Å²) < 4.78 is 13.1. The van der Waals surface area contributed by atoms with Crippen LogP contribution in [0.25, 0.3) is 0 Å². The van der Waals surface area contributed by atoms with Crippen LogP contribution in [0.2, 0.25) is 0 Å². The molecular weight excluding hydrogens is 115 g/mol. The lowest BCUT2D eigenvalue weighted by Gasteiger charge is -2.43. The van der Waals surface area contributed by atoms with Crippen molar-refractivity contribution in [2.45, 2.75) is 39.3 Å². The molecule has 0 nitrogen and oxygen atoms in total. The van der Waals surface area contributed by atoms with Gasteiger partial charge in [-0.3, -0.25) is 0 Å². The largest absolute Gasteiger partial charge is 0.244 e. The summed E-state index contributed by atoms with van der Waals surface area (Å²) in [6.45, 7) is 5.92. The van der Waals surface area contributed by atoms with Crippen LogP contribution < -0.4 is 0 Å². The van der Waals surface area contributed by atoms with Gasteiger partial charge in [-0.05, 0) is 31.6 Å². The standard InChI is InChI=1S/C8H15F/c1-6(2)7-4-5-8(7,3)9/h6-7H,4-5H2,1-3H3/t7-,8?/m1/s1. The third-order valence-electron chi connectivity index (χ3n) is 2.52. The molecule has 0 bridgehead atoms. The SMILES string of the molecule is CC(C)[C@H]1CCC1(C)F. The summed E-state index contributed by atoms with van der Waals surface area (Å²) in [6, 6.07) is 0. The van der Waals surface area contributed by atoms with Gasteiger partial charge in [-0.2, -0.15) is 0 Å². The average molecular weight is 130 g/mol. The van der Waals surface area contributed by atoms with Crippen molar-refractivity contribution in [2.24, 2.45) is 11.8 Å². The van der Waals surface area contributed by atoms with Gasteiger partial charge in [-0.1, -0.05) is 13.8 Å². The lowest BCUT2D eigenvalue weighted by Crippen LogP contribution is -2.42. The molecule has 0 N–H and O–H groups in total. The topological polar surface area (TPSA) is 0 Å². The van der Waals surface area contributed by atoms with Crippen molar-refractivity contribution in [1.82, 2.24) is 0 Å². The van der Waals surface area contributed by atoms with Crippen LogP contribution in [0.3, 0.4) is 0 Å². The molecule has 1 unspecified atom stereocenters. The van der Waals surface area contributed by atoms with E-state index in [0.29, 0.717) is 11.8 Å². The highest BCUT2D eigenvalue weighted by molar-refractivity contribution is 4.94. The van der Waals surface area contributed by atoms with Crippen molar-refractivity contribution in [3.05, 3.63) is 0 Å². The van der Waals surface area contributed by atoms with Gasteiger partial charge in [0, 0.05) is 0 Å². The molecule has 0 heterocycles. The van der Waals surface area contributed by atoms with Crippen molar-refractivity contribution < 1.29 is 4.39 Å². The van der Waals surface area contributed by atoms with Crippen LogP contribution in [0.4, 0.5) is 4.39 Å². The van der Waals surface area contributed by atoms with Crippen LogP contribution in [0, 0.1) is 11.8 Å². The maximum Gasteiger partial charge on any atom is 0.111 e. The molecule has 1 aliphatic rings. The maximum absolute atomic E-state index is 13.1. The van der Waals surface area contributed by atoms with Crippen molar-refractivity contribution in [2.75, 3.05) is 0 Å². The first-order chi connectivity index (χ1) is 4.04. The summed E-state index contributed by atoms with van der Waals surface area (Å²) >= 11 is 0. The number of rotatable bonds is 1. The van der Waals surface area contributed by atoms with E-state index in [9.17, 15) is 4.39 Å². The van der Waals surface area contributed by atoms with Crippen LogP contribution in [0.15, 0.2) is 0 Å². The van der Waals surface area contributed by atoms with Crippen molar-refractivity contribution in [3.8, 4) is 0 Å². The van der Waals surface area contributed by atoms with E-state index < -0.39 is 5.67 Å². The van der Waals surface area contributed by atoms with E-state index in [1.165, 1.54) is 0 Å². The van der Waals surface area contributed by atoms with Crippen LogP contribution in [-0.2, 0) is 0 Å². The van der Waals surface area contributed by atoms with E-state index in [2.05, 4.69) is 13.8 Å². The normalized spacial score (nSPS) is 43.0. The predicted molar refractivity (Wildman–Crippen MR) is 37.1 cm³/mol. The molecule has 9 heavy (non-hydrogen) atoms. The van der Waals surface area contributed by atoms with Gasteiger partial charge in [0.1, 0.15) is 5.67 Å². The van der Waals surface area contributed by atoms with E-state index in [-0.39, 0.29) is 0 Å². The third-order valence-corrected chi connectivity index (χ3v) is 2.52. The second-order valence-corrected chi connectivity index (χ2v) is 3.67. The van der Waals surface area contributed by atoms with E-state index in [1.54, 1.807) is 6.92 Å². The van der Waals surface area contributed by atoms with Gasteiger partial charge in [0.25, 0.3) is 0 Å². The van der Waals surface area contributed by atoms with Gasteiger partial charge in [0.2, 0.25) is 0 Å². The smallest absolute Gasteiger partial charge is 0.111 e. The molecule has 0 aromatic rings. The quantitative estimate of drug-likeness (QED) is 0.512. The number of hydrogen-bond acceptors (Lipinski definition) is 0. The second-order valence-electron chi connectivity index (χ2n) is 3.67. The van der Waals surface area contributed by atoms with Crippen LogP contribution in [0.1, 0.15) is 33.6 Å². The van der Waals surface area contributed by atoms with Crippen LogP contribution in [0.5, 0.6) is 0 Å². The second kappa shape index (κ2) is 1.96. The zero-order chi connectivity index (χ0) is 7.07. The summed E-state index contributed by atoms with van der Waals surface area (Å²) in [5.74, 6) is 0.853. The van der Waals surface area contributed by atoms with Crippen LogP contribution in [-0.4, -0.2) is 5.67 Å². The molecular formula is C8H15F. The van der Waals surface area contributed by atoms with Crippen molar-refractivity contribution in [3.63, 3.8) is 0 Å². The predicted octanol–water partition coefficient (Wildman–Crippen LogP) is 2.78. The van der Waals surface area contributed by atoms with E-state index in [1.807, 2.05) is 0 Å². The summed E-state index contributed by atoms with van der Waals surface area (Å²) in [4.78, 5) is 0. The zero-order valence-corrected chi connectivity index (χ0v) is 6.45. The lowest BCUT2D eigenvalue weighted by molar-refractivity contribution is -0.0242. The summed E-state index contributed by atoms with van der Waals surface area (Å²) in [6.07, 6.45) is 1.86. The Labute approximate surface area is 56.5 Å². The molecule has 0 radical (unpaired) electrons. The molecule has 0 amide bonds. The molecule has 0 aliphatic heterocycles. The minimum Gasteiger partial charge on any atom is -0.244 e. The van der Waals surface area contributed by atoms with Crippen LogP contribution >= 0.6 is 0 Å². The van der Waals surface area contributed by atoms with Gasteiger partial charge in [-0.25, -0.2) is 4.39 Å². The molecule has 1 fully saturated rings. The first-order valence-corrected chi connectivity index (χ1v) is 3.73. The fourth-order valence-electron chi connectivity index (χ4n) is 1.74. The third kappa shape index (κ3) is 1.10. The summed E-state index contributed by atoms with van der Waals surface area (Å²) in [7, 11) is 0. The lowest BCUT2D eigenvalue weighted by atomic mass is 9.67. The highest BCUT2D eigenvalue weighted by Crippen LogP contribution is 2.45. The Hall–Kier alpha value is -0.0700. The Morgan fingerprint density at radius 3 is 2.11 bits per heavy atom. The fourth-order valence-corrected chi connectivity index (χ4v) is 1.74. The Bertz CT molecular complexity index is 105. The van der Waals surface area contributed by atoms with E-state index >= 15 is 0 Å². The van der Waals surface area contributed by atoms with Gasteiger partial charge >= 0.3 is 0 Å². The molecule has 0 aromatic heterocycles. The van der Waals surface area contributed by atoms with Gasteiger partial charge < -0.3 is 0 Å². The minimum atomic E-state index is -0.839. The Morgan fingerprint density at radius 1 is 1.56 bits per heavy atom. The average Bonchev–Trinajstić information content (AvgIpc) is 1.62. The van der Waals surface area contributed by atoms with E-state index in [4.69, 9.17) is 0 Å². The Kier molecular flexibility index (Phi) is 1.54. The molecule has 0 saturated heterocycles. The Morgan fingerprint density at radius 2 is 2.11 bits per heavy atom.